The Balaban J connectivity index is 2.86. The average Bonchev–Trinajstić information content (AvgIpc) is 2.28. The molecule has 0 fully saturated rings. The lowest BCUT2D eigenvalue weighted by molar-refractivity contribution is 0.0167. The Labute approximate surface area is 98.9 Å². The van der Waals surface area contributed by atoms with Crippen molar-refractivity contribution in [3.8, 4) is 0 Å². The smallest absolute Gasteiger partial charge is 0.161 e. The quantitative estimate of drug-likeness (QED) is 0.604. The highest BCUT2D eigenvalue weighted by molar-refractivity contribution is 6.17. The second-order valence-electron chi connectivity index (χ2n) is 3.55. The van der Waals surface area contributed by atoms with Crippen molar-refractivity contribution in [2.75, 3.05) is 5.88 Å². The third-order valence-electron chi connectivity index (χ3n) is 2.28. The number of Topliss-reactive ketones (excluding diaryl/α,β-unsaturated/α-hetero) is 1. The second-order valence-corrected chi connectivity index (χ2v) is 3.93. The minimum atomic E-state index is -1.06. The molecule has 1 aromatic heterocycles. The Hall–Kier alpha value is -0.970. The van der Waals surface area contributed by atoms with E-state index < -0.39 is 12.2 Å². The maximum Gasteiger partial charge on any atom is 0.161 e. The number of hydrogen-bond donors (Lipinski definition) is 2. The monoisotopic (exact) mass is 243 g/mol. The molecule has 0 saturated carbocycles. The van der Waals surface area contributed by atoms with E-state index in [1.54, 1.807) is 0 Å². The summed E-state index contributed by atoms with van der Waals surface area (Å²) in [6, 6.07) is 1.53. The number of carbonyl (C=O) groups is 1. The Kier molecular flexibility index (Phi) is 4.86. The van der Waals surface area contributed by atoms with Crippen molar-refractivity contribution in [3.05, 3.63) is 29.6 Å². The van der Waals surface area contributed by atoms with Gasteiger partial charge in [0.25, 0.3) is 0 Å². The van der Waals surface area contributed by atoms with Crippen molar-refractivity contribution >= 4 is 17.4 Å². The molecular weight excluding hydrogens is 230 g/mol. The van der Waals surface area contributed by atoms with E-state index in [1.165, 1.54) is 25.4 Å². The number of alkyl halides is 1. The van der Waals surface area contributed by atoms with Crippen molar-refractivity contribution in [1.29, 1.82) is 0 Å². The molecule has 0 spiro atoms. The number of rotatable bonds is 5. The number of nitrogens with zero attached hydrogens (tertiary/aromatic N) is 1. The van der Waals surface area contributed by atoms with E-state index >= 15 is 0 Å². The van der Waals surface area contributed by atoms with Crippen LogP contribution in [-0.2, 0) is 0 Å². The molecule has 1 aromatic rings. The van der Waals surface area contributed by atoms with E-state index in [0.29, 0.717) is 11.1 Å². The van der Waals surface area contributed by atoms with Gasteiger partial charge in [-0.3, -0.25) is 9.78 Å². The van der Waals surface area contributed by atoms with Crippen LogP contribution in [0.1, 0.15) is 35.4 Å². The highest BCUT2D eigenvalue weighted by Gasteiger charge is 2.18. The molecule has 1 rings (SSSR count). The highest BCUT2D eigenvalue weighted by atomic mass is 35.5. The lowest BCUT2D eigenvalue weighted by Gasteiger charge is -2.17. The topological polar surface area (TPSA) is 70.4 Å². The molecule has 0 radical (unpaired) electrons. The normalized spacial score (nSPS) is 14.5. The first-order valence-corrected chi connectivity index (χ1v) is 5.47. The van der Waals surface area contributed by atoms with Crippen molar-refractivity contribution < 1.29 is 15.0 Å². The van der Waals surface area contributed by atoms with Crippen molar-refractivity contribution in [1.82, 2.24) is 4.98 Å². The van der Waals surface area contributed by atoms with E-state index in [4.69, 9.17) is 11.6 Å². The van der Waals surface area contributed by atoms with Crippen LogP contribution in [0.2, 0.25) is 0 Å². The predicted octanol–water partition coefficient (Wildman–Crippen LogP) is 1.31. The third kappa shape index (κ3) is 3.27. The predicted molar refractivity (Wildman–Crippen MR) is 60.5 cm³/mol. The molecule has 2 unspecified atom stereocenters. The molecule has 4 nitrogen and oxygen atoms in total. The summed E-state index contributed by atoms with van der Waals surface area (Å²) in [4.78, 5) is 15.0. The maximum absolute atomic E-state index is 11.1. The Morgan fingerprint density at radius 1 is 1.50 bits per heavy atom. The molecule has 0 aliphatic carbocycles. The fourth-order valence-corrected chi connectivity index (χ4v) is 1.53. The molecule has 88 valence electrons. The molecule has 0 aromatic carbocycles. The first kappa shape index (κ1) is 13.1. The molecule has 2 atom stereocenters. The van der Waals surface area contributed by atoms with Gasteiger partial charge in [-0.15, -0.1) is 11.6 Å². The Bertz CT molecular complexity index is 370. The minimum absolute atomic E-state index is 0.131. The van der Waals surface area contributed by atoms with Gasteiger partial charge in [0.2, 0.25) is 0 Å². The van der Waals surface area contributed by atoms with Crippen LogP contribution in [0, 0.1) is 0 Å². The van der Waals surface area contributed by atoms with Gasteiger partial charge in [0.15, 0.2) is 5.78 Å². The number of aliphatic hydroxyl groups is 2. The standard InChI is InChI=1S/C11H14ClNO3/c1-7(14)8-4-9(6-13-5-8)11(16)10(15)2-3-12/h4-6,10-11,15-16H,2-3H2,1H3. The molecule has 0 bridgehead atoms. The number of aliphatic hydroxyl groups excluding tert-OH is 2. The SMILES string of the molecule is CC(=O)c1cncc(C(O)C(O)CCCl)c1. The molecule has 5 heteroatoms. The van der Waals surface area contributed by atoms with Crippen LogP contribution < -0.4 is 0 Å². The van der Waals surface area contributed by atoms with E-state index in [2.05, 4.69) is 4.98 Å². The lowest BCUT2D eigenvalue weighted by atomic mass is 10.0. The first-order valence-electron chi connectivity index (χ1n) is 4.94. The van der Waals surface area contributed by atoms with Gasteiger partial charge in [-0.05, 0) is 19.4 Å². The lowest BCUT2D eigenvalue weighted by Crippen LogP contribution is -2.19. The fraction of sp³-hybridized carbons (Fsp3) is 0.455. The number of halogens is 1. The van der Waals surface area contributed by atoms with Gasteiger partial charge in [-0.2, -0.15) is 0 Å². The maximum atomic E-state index is 11.1. The van der Waals surface area contributed by atoms with E-state index in [1.807, 2.05) is 0 Å². The summed E-state index contributed by atoms with van der Waals surface area (Å²) in [6.45, 7) is 1.42. The molecule has 0 aliphatic rings. The molecule has 0 saturated heterocycles. The van der Waals surface area contributed by atoms with Crippen LogP contribution in [0.3, 0.4) is 0 Å². The second kappa shape index (κ2) is 5.94. The molecular formula is C11H14ClNO3. The number of hydrogen-bond acceptors (Lipinski definition) is 4. The van der Waals surface area contributed by atoms with Gasteiger partial charge in [-0.1, -0.05) is 0 Å². The molecule has 2 N–H and O–H groups in total. The van der Waals surface area contributed by atoms with Crippen molar-refractivity contribution in [2.45, 2.75) is 25.6 Å². The van der Waals surface area contributed by atoms with Gasteiger partial charge >= 0.3 is 0 Å². The summed E-state index contributed by atoms with van der Waals surface area (Å²) in [5, 5.41) is 19.3. The number of ketones is 1. The third-order valence-corrected chi connectivity index (χ3v) is 2.49. The Morgan fingerprint density at radius 2 is 2.19 bits per heavy atom. The minimum Gasteiger partial charge on any atom is -0.390 e. The summed E-state index contributed by atoms with van der Waals surface area (Å²) >= 11 is 5.47. The van der Waals surface area contributed by atoms with E-state index in [0.717, 1.165) is 0 Å². The number of aromatic nitrogens is 1. The summed E-state index contributed by atoms with van der Waals surface area (Å²) in [6.07, 6.45) is 1.13. The van der Waals surface area contributed by atoms with Crippen molar-refractivity contribution in [2.24, 2.45) is 0 Å². The van der Waals surface area contributed by atoms with E-state index in [9.17, 15) is 15.0 Å². The van der Waals surface area contributed by atoms with E-state index in [-0.39, 0.29) is 18.1 Å². The van der Waals surface area contributed by atoms with Crippen LogP contribution in [0.4, 0.5) is 0 Å². The fourth-order valence-electron chi connectivity index (χ4n) is 1.30. The highest BCUT2D eigenvalue weighted by Crippen LogP contribution is 2.19. The molecule has 0 aliphatic heterocycles. The van der Waals surface area contributed by atoms with Crippen LogP contribution in [0.5, 0.6) is 0 Å². The average molecular weight is 244 g/mol. The number of pyridine rings is 1. The Morgan fingerprint density at radius 3 is 2.75 bits per heavy atom. The molecule has 1 heterocycles. The number of carbonyl (C=O) groups excluding carboxylic acids is 1. The van der Waals surface area contributed by atoms with Gasteiger partial charge < -0.3 is 10.2 Å². The molecule has 0 amide bonds. The van der Waals surface area contributed by atoms with Crippen LogP contribution >= 0.6 is 11.6 Å². The zero-order valence-corrected chi connectivity index (χ0v) is 9.68. The first-order chi connectivity index (χ1) is 7.56. The summed E-state index contributed by atoms with van der Waals surface area (Å²) in [5.41, 5.74) is 0.833. The summed E-state index contributed by atoms with van der Waals surface area (Å²) in [5.74, 6) is 0.131. The zero-order valence-electron chi connectivity index (χ0n) is 8.93. The molecule has 16 heavy (non-hydrogen) atoms. The van der Waals surface area contributed by atoms with Gasteiger partial charge in [-0.25, -0.2) is 0 Å². The van der Waals surface area contributed by atoms with Crippen LogP contribution in [0.15, 0.2) is 18.5 Å². The summed E-state index contributed by atoms with van der Waals surface area (Å²) in [7, 11) is 0. The summed E-state index contributed by atoms with van der Waals surface area (Å²) < 4.78 is 0. The van der Waals surface area contributed by atoms with Crippen LogP contribution in [-0.4, -0.2) is 33.0 Å². The van der Waals surface area contributed by atoms with Gasteiger partial charge in [0.1, 0.15) is 6.10 Å². The van der Waals surface area contributed by atoms with Gasteiger partial charge in [0, 0.05) is 29.4 Å². The largest absolute Gasteiger partial charge is 0.390 e. The van der Waals surface area contributed by atoms with Crippen molar-refractivity contribution in [3.63, 3.8) is 0 Å². The van der Waals surface area contributed by atoms with Gasteiger partial charge in [0.05, 0.1) is 6.10 Å². The zero-order chi connectivity index (χ0) is 12.1. The van der Waals surface area contributed by atoms with Crippen LogP contribution in [0.25, 0.3) is 0 Å².